The van der Waals surface area contributed by atoms with Crippen LogP contribution in [0.25, 0.3) is 0 Å². The van der Waals surface area contributed by atoms with Gasteiger partial charge in [-0.15, -0.1) is 0 Å². The molecule has 0 saturated carbocycles. The molecule has 2 rings (SSSR count). The summed E-state index contributed by atoms with van der Waals surface area (Å²) in [5.41, 5.74) is 2.37. The van der Waals surface area contributed by atoms with Crippen molar-refractivity contribution in [2.45, 2.75) is 0 Å². The predicted octanol–water partition coefficient (Wildman–Crippen LogP) is 1.99. The minimum atomic E-state index is 0.773. The average molecular weight is 199 g/mol. The average Bonchev–Trinajstić information content (AvgIpc) is 2.23. The van der Waals surface area contributed by atoms with E-state index in [4.69, 9.17) is 11.6 Å². The second-order valence-electron chi connectivity index (χ2n) is 3.11. The van der Waals surface area contributed by atoms with Crippen LogP contribution in [0.5, 0.6) is 0 Å². The van der Waals surface area contributed by atoms with Crippen molar-refractivity contribution in [3.63, 3.8) is 0 Å². The Labute approximate surface area is 89.8 Å². The van der Waals surface area contributed by atoms with E-state index in [-0.39, 0.29) is 0 Å². The molecule has 0 saturated heterocycles. The van der Waals surface area contributed by atoms with Crippen LogP contribution in [0.4, 0.5) is 0 Å². The molecule has 0 bridgehead atoms. The highest BCUT2D eigenvalue weighted by Gasteiger charge is 1.97. The van der Waals surface area contributed by atoms with Gasteiger partial charge in [-0.25, -0.2) is 0 Å². The maximum atomic E-state index is 5.80. The fourth-order valence-corrected chi connectivity index (χ4v) is 1.43. The third kappa shape index (κ3) is 2.40. The minimum absolute atomic E-state index is 0.773. The van der Waals surface area contributed by atoms with Crippen molar-refractivity contribution in [1.82, 2.24) is 0 Å². The maximum absolute atomic E-state index is 5.80. The van der Waals surface area contributed by atoms with Crippen LogP contribution in [0, 0.1) is 0 Å². The van der Waals surface area contributed by atoms with Crippen molar-refractivity contribution in [2.24, 2.45) is 0 Å². The molecule has 0 amide bonds. The molecule has 0 heterocycles. The topological polar surface area (TPSA) is 0 Å². The summed E-state index contributed by atoms with van der Waals surface area (Å²) in [5, 5.41) is 0.773. The van der Waals surface area contributed by atoms with Crippen LogP contribution in [-0.2, 0) is 0 Å². The Balaban J connectivity index is 2.16. The van der Waals surface area contributed by atoms with Gasteiger partial charge in [0.2, 0.25) is 0 Å². The van der Waals surface area contributed by atoms with Gasteiger partial charge in [0.1, 0.15) is 0 Å². The normalized spacial score (nSPS) is 9.79. The quantitative estimate of drug-likeness (QED) is 0.649. The fraction of sp³-hybridized carbons (Fsp3) is 0. The summed E-state index contributed by atoms with van der Waals surface area (Å²) in [7, 11) is 2.12. The summed E-state index contributed by atoms with van der Waals surface area (Å²) in [4.78, 5) is 0. The summed E-state index contributed by atoms with van der Waals surface area (Å²) >= 11 is 5.80. The zero-order chi connectivity index (χ0) is 9.80. The van der Waals surface area contributed by atoms with E-state index in [0.717, 1.165) is 5.02 Å². The molecule has 0 aliphatic heterocycles. The number of rotatable bonds is 2. The van der Waals surface area contributed by atoms with Gasteiger partial charge in [-0.2, -0.15) is 0 Å². The van der Waals surface area contributed by atoms with Crippen LogP contribution in [0.3, 0.4) is 0 Å². The molecule has 2 aromatic rings. The lowest BCUT2D eigenvalue weighted by Gasteiger charge is -1.99. The molecule has 0 N–H and O–H groups in total. The Hall–Kier alpha value is -1.21. The molecule has 67 valence electrons. The van der Waals surface area contributed by atoms with Gasteiger partial charge >= 0.3 is 0 Å². The molecule has 2 heteroatoms. The maximum Gasteiger partial charge on any atom is 0.191 e. The van der Waals surface area contributed by atoms with E-state index < -0.39 is 0 Å². The first-order valence-electron chi connectivity index (χ1n) is 4.50. The monoisotopic (exact) mass is 199 g/mol. The first-order valence-corrected chi connectivity index (χ1v) is 4.88. The van der Waals surface area contributed by atoms with Crippen molar-refractivity contribution >= 4 is 29.8 Å². The smallest absolute Gasteiger partial charge is 0.0843 e. The van der Waals surface area contributed by atoms with E-state index in [0.29, 0.717) is 0 Å². The van der Waals surface area contributed by atoms with Crippen LogP contribution >= 0.6 is 11.6 Å². The van der Waals surface area contributed by atoms with E-state index in [9.17, 15) is 0 Å². The summed E-state index contributed by atoms with van der Waals surface area (Å²) in [6.45, 7) is 0. The Kier molecular flexibility index (Phi) is 2.90. The van der Waals surface area contributed by atoms with Crippen LogP contribution < -0.4 is 10.9 Å². The van der Waals surface area contributed by atoms with E-state index in [1.807, 2.05) is 42.5 Å². The van der Waals surface area contributed by atoms with Gasteiger partial charge in [0.05, 0.1) is 0 Å². The van der Waals surface area contributed by atoms with Crippen LogP contribution in [0.15, 0.2) is 54.6 Å². The lowest BCUT2D eigenvalue weighted by molar-refractivity contribution is 1.74. The largest absolute Gasteiger partial charge is 0.191 e. The second kappa shape index (κ2) is 4.34. The summed E-state index contributed by atoms with van der Waals surface area (Å²) in [6.07, 6.45) is 0. The molecule has 0 unspecified atom stereocenters. The predicted molar refractivity (Wildman–Crippen MR) is 62.9 cm³/mol. The molecule has 0 aliphatic rings. The standard InChI is InChI=1S/C12H9BCl/c14-12-8-6-11(7-9-12)13-10-4-2-1-3-5-10/h1-9H. The van der Waals surface area contributed by atoms with E-state index in [1.165, 1.54) is 10.9 Å². The number of hydrogen-bond acceptors (Lipinski definition) is 0. The van der Waals surface area contributed by atoms with Crippen LogP contribution in [-0.4, -0.2) is 7.28 Å². The van der Waals surface area contributed by atoms with Crippen molar-refractivity contribution in [1.29, 1.82) is 0 Å². The van der Waals surface area contributed by atoms with Gasteiger partial charge in [-0.3, -0.25) is 0 Å². The highest BCUT2D eigenvalue weighted by atomic mass is 35.5. The molecule has 1 radical (unpaired) electrons. The molecule has 2 aromatic carbocycles. The highest BCUT2D eigenvalue weighted by molar-refractivity contribution is 6.67. The molecule has 0 aliphatic carbocycles. The molecule has 0 fully saturated rings. The number of hydrogen-bond donors (Lipinski definition) is 0. The van der Waals surface area contributed by atoms with Gasteiger partial charge in [0.15, 0.2) is 7.28 Å². The van der Waals surface area contributed by atoms with Gasteiger partial charge in [-0.05, 0) is 12.1 Å². The molecule has 0 nitrogen and oxygen atoms in total. The van der Waals surface area contributed by atoms with Crippen molar-refractivity contribution in [3.8, 4) is 0 Å². The summed E-state index contributed by atoms with van der Waals surface area (Å²) < 4.78 is 0. The highest BCUT2D eigenvalue weighted by Crippen LogP contribution is 2.03. The molecular weight excluding hydrogens is 190 g/mol. The number of halogens is 1. The van der Waals surface area contributed by atoms with Gasteiger partial charge in [0, 0.05) is 5.02 Å². The fourth-order valence-electron chi connectivity index (χ4n) is 1.30. The van der Waals surface area contributed by atoms with Gasteiger partial charge in [0.25, 0.3) is 0 Å². The van der Waals surface area contributed by atoms with Crippen LogP contribution in [0.2, 0.25) is 5.02 Å². The van der Waals surface area contributed by atoms with E-state index in [2.05, 4.69) is 19.4 Å². The third-order valence-corrected chi connectivity index (χ3v) is 2.25. The summed E-state index contributed by atoms with van der Waals surface area (Å²) in [5.74, 6) is 0. The Bertz CT molecular complexity index is 394. The molecule has 0 spiro atoms. The molecule has 0 atom stereocenters. The first kappa shape index (κ1) is 9.35. The molecule has 14 heavy (non-hydrogen) atoms. The SMILES string of the molecule is Clc1ccc([B]c2ccccc2)cc1. The Morgan fingerprint density at radius 1 is 0.714 bits per heavy atom. The summed E-state index contributed by atoms with van der Waals surface area (Å²) in [6, 6.07) is 18.0. The third-order valence-electron chi connectivity index (χ3n) is 2.00. The van der Waals surface area contributed by atoms with E-state index >= 15 is 0 Å². The van der Waals surface area contributed by atoms with Gasteiger partial charge in [-0.1, -0.05) is 65.0 Å². The molecular formula is C12H9BCl. The second-order valence-corrected chi connectivity index (χ2v) is 3.54. The number of benzene rings is 2. The van der Waals surface area contributed by atoms with Crippen molar-refractivity contribution < 1.29 is 0 Å². The lowest BCUT2D eigenvalue weighted by atomic mass is 9.64. The Morgan fingerprint density at radius 2 is 1.29 bits per heavy atom. The van der Waals surface area contributed by atoms with Gasteiger partial charge < -0.3 is 0 Å². The zero-order valence-corrected chi connectivity index (χ0v) is 8.41. The van der Waals surface area contributed by atoms with Crippen LogP contribution in [0.1, 0.15) is 0 Å². The van der Waals surface area contributed by atoms with E-state index in [1.54, 1.807) is 0 Å². The lowest BCUT2D eigenvalue weighted by Crippen LogP contribution is -2.26. The molecule has 0 aromatic heterocycles. The zero-order valence-electron chi connectivity index (χ0n) is 7.65. The minimum Gasteiger partial charge on any atom is -0.0843 e. The first-order chi connectivity index (χ1) is 6.84. The Morgan fingerprint density at radius 3 is 1.93 bits per heavy atom. The van der Waals surface area contributed by atoms with Crippen molar-refractivity contribution in [3.05, 3.63) is 59.6 Å². The van der Waals surface area contributed by atoms with Crippen molar-refractivity contribution in [2.75, 3.05) is 0 Å².